The molecule has 2 heterocycles. The summed E-state index contributed by atoms with van der Waals surface area (Å²) in [6, 6.07) is 4.44. The number of nitrogens with one attached hydrogen (secondary N) is 1. The van der Waals surface area contributed by atoms with E-state index in [0.717, 1.165) is 12.2 Å². The van der Waals surface area contributed by atoms with Crippen molar-refractivity contribution in [1.29, 1.82) is 0 Å². The third-order valence-corrected chi connectivity index (χ3v) is 3.38. The molecule has 80 valence electrons. The number of pyridine rings is 1. The fourth-order valence-electron chi connectivity index (χ4n) is 1.53. The maximum absolute atomic E-state index is 5.66. The largest absolute Gasteiger partial charge is 0.366 e. The fourth-order valence-corrected chi connectivity index (χ4v) is 2.31. The van der Waals surface area contributed by atoms with Gasteiger partial charge in [0.05, 0.1) is 0 Å². The van der Waals surface area contributed by atoms with Gasteiger partial charge < -0.3 is 11.1 Å². The molecule has 0 aliphatic carbocycles. The van der Waals surface area contributed by atoms with Gasteiger partial charge in [-0.2, -0.15) is 0 Å². The first-order chi connectivity index (χ1) is 7.35. The lowest BCUT2D eigenvalue weighted by atomic mass is 10.2. The Labute approximate surface area is 93.3 Å². The normalized spacial score (nSPS) is 12.9. The molecule has 4 heteroatoms. The second kappa shape index (κ2) is 4.59. The van der Waals surface area contributed by atoms with Crippen LogP contribution in [0.2, 0.25) is 0 Å². The number of thiophene rings is 1. The van der Waals surface area contributed by atoms with Crippen LogP contribution in [0.1, 0.15) is 13.3 Å². The van der Waals surface area contributed by atoms with Crippen molar-refractivity contribution in [2.75, 3.05) is 11.9 Å². The van der Waals surface area contributed by atoms with Crippen molar-refractivity contribution in [3.8, 4) is 0 Å². The van der Waals surface area contributed by atoms with Crippen molar-refractivity contribution in [2.45, 2.75) is 19.4 Å². The molecule has 3 nitrogen and oxygen atoms in total. The van der Waals surface area contributed by atoms with Crippen LogP contribution in [-0.2, 0) is 0 Å². The highest BCUT2D eigenvalue weighted by Crippen LogP contribution is 2.26. The van der Waals surface area contributed by atoms with Gasteiger partial charge in [0.1, 0.15) is 5.82 Å². The first-order valence-electron chi connectivity index (χ1n) is 5.14. The van der Waals surface area contributed by atoms with E-state index in [9.17, 15) is 0 Å². The lowest BCUT2D eigenvalue weighted by Crippen LogP contribution is -2.28. The van der Waals surface area contributed by atoms with E-state index >= 15 is 0 Å². The molecule has 0 saturated carbocycles. The molecule has 0 fully saturated rings. The Kier molecular flexibility index (Phi) is 3.18. The van der Waals surface area contributed by atoms with Crippen molar-refractivity contribution in [3.05, 3.63) is 23.7 Å². The van der Waals surface area contributed by atoms with E-state index in [1.807, 2.05) is 12.3 Å². The molecule has 0 saturated heterocycles. The van der Waals surface area contributed by atoms with Gasteiger partial charge in [-0.3, -0.25) is 0 Å². The number of fused-ring (bicyclic) bond motifs is 1. The summed E-state index contributed by atoms with van der Waals surface area (Å²) < 4.78 is 1.26. The van der Waals surface area contributed by atoms with Crippen molar-refractivity contribution >= 4 is 27.2 Å². The number of aromatic nitrogens is 1. The summed E-state index contributed by atoms with van der Waals surface area (Å²) in [6.45, 7) is 2.76. The summed E-state index contributed by atoms with van der Waals surface area (Å²) in [6.07, 6.45) is 2.85. The first kappa shape index (κ1) is 10.4. The molecule has 1 atom stereocenters. The highest BCUT2D eigenvalue weighted by atomic mass is 32.1. The molecule has 0 bridgehead atoms. The minimum absolute atomic E-state index is 0.308. The summed E-state index contributed by atoms with van der Waals surface area (Å²) in [4.78, 5) is 4.35. The third kappa shape index (κ3) is 2.11. The van der Waals surface area contributed by atoms with Gasteiger partial charge >= 0.3 is 0 Å². The second-order valence-corrected chi connectivity index (χ2v) is 4.42. The molecule has 0 radical (unpaired) electrons. The molecule has 2 rings (SSSR count). The van der Waals surface area contributed by atoms with E-state index in [0.29, 0.717) is 12.6 Å². The fraction of sp³-hybridized carbons (Fsp3) is 0.364. The Morgan fingerprint density at radius 3 is 3.13 bits per heavy atom. The molecule has 0 aromatic carbocycles. The Morgan fingerprint density at radius 2 is 2.40 bits per heavy atom. The van der Waals surface area contributed by atoms with Gasteiger partial charge in [0.25, 0.3) is 0 Å². The Morgan fingerprint density at radius 1 is 1.53 bits per heavy atom. The monoisotopic (exact) mass is 221 g/mol. The number of nitrogens with zero attached hydrogens (tertiary/aromatic N) is 1. The molecule has 1 unspecified atom stereocenters. The number of rotatable bonds is 4. The number of hydrogen-bond donors (Lipinski definition) is 2. The van der Waals surface area contributed by atoms with E-state index in [1.165, 1.54) is 10.1 Å². The summed E-state index contributed by atoms with van der Waals surface area (Å²) in [5.74, 6) is 0.950. The van der Waals surface area contributed by atoms with Crippen LogP contribution in [-0.4, -0.2) is 17.6 Å². The molecule has 0 aliphatic rings. The maximum atomic E-state index is 5.66. The summed E-state index contributed by atoms with van der Waals surface area (Å²) in [7, 11) is 0. The molecule has 0 spiro atoms. The number of nitrogens with two attached hydrogens (primary N) is 1. The molecule has 15 heavy (non-hydrogen) atoms. The smallest absolute Gasteiger partial charge is 0.134 e. The zero-order chi connectivity index (χ0) is 10.7. The first-order valence-corrected chi connectivity index (χ1v) is 6.02. The van der Waals surface area contributed by atoms with Gasteiger partial charge in [0.2, 0.25) is 0 Å². The molecular weight excluding hydrogens is 206 g/mol. The highest BCUT2D eigenvalue weighted by Gasteiger charge is 2.07. The van der Waals surface area contributed by atoms with Gasteiger partial charge in [-0.05, 0) is 23.9 Å². The van der Waals surface area contributed by atoms with E-state index in [2.05, 4.69) is 28.7 Å². The van der Waals surface area contributed by atoms with Gasteiger partial charge in [-0.1, -0.05) is 6.92 Å². The van der Waals surface area contributed by atoms with Crippen LogP contribution in [0.5, 0.6) is 0 Å². The van der Waals surface area contributed by atoms with Crippen LogP contribution >= 0.6 is 11.3 Å². The van der Waals surface area contributed by atoms with Crippen molar-refractivity contribution < 1.29 is 0 Å². The molecule has 2 aromatic heterocycles. The van der Waals surface area contributed by atoms with Crippen LogP contribution in [0.4, 0.5) is 5.82 Å². The van der Waals surface area contributed by atoms with E-state index < -0.39 is 0 Å². The zero-order valence-electron chi connectivity index (χ0n) is 8.73. The molecule has 0 amide bonds. The summed E-state index contributed by atoms with van der Waals surface area (Å²) in [5, 5.41) is 6.65. The quantitative estimate of drug-likeness (QED) is 0.833. The van der Waals surface area contributed by atoms with Gasteiger partial charge in [-0.15, -0.1) is 11.3 Å². The van der Waals surface area contributed by atoms with Crippen LogP contribution in [0.25, 0.3) is 10.1 Å². The van der Waals surface area contributed by atoms with Crippen LogP contribution in [0.15, 0.2) is 23.7 Å². The predicted octanol–water partition coefficient (Wildman–Crippen LogP) is 2.45. The van der Waals surface area contributed by atoms with E-state index in [1.54, 1.807) is 11.3 Å². The van der Waals surface area contributed by atoms with Crippen LogP contribution in [0.3, 0.4) is 0 Å². The standard InChI is InChI=1S/C11H15N3S/c1-2-8(7-12)14-11-9-4-6-15-10(9)3-5-13-11/h3-6,8H,2,7,12H2,1H3,(H,13,14). The lowest BCUT2D eigenvalue weighted by molar-refractivity contribution is 0.701. The summed E-state index contributed by atoms with van der Waals surface area (Å²) >= 11 is 1.73. The van der Waals surface area contributed by atoms with Crippen molar-refractivity contribution in [3.63, 3.8) is 0 Å². The highest BCUT2D eigenvalue weighted by molar-refractivity contribution is 7.17. The predicted molar refractivity (Wildman–Crippen MR) is 66.4 cm³/mol. The number of anilines is 1. The lowest BCUT2D eigenvalue weighted by Gasteiger charge is -2.15. The second-order valence-electron chi connectivity index (χ2n) is 3.48. The third-order valence-electron chi connectivity index (χ3n) is 2.50. The Bertz CT molecular complexity index is 434. The zero-order valence-corrected chi connectivity index (χ0v) is 9.55. The minimum atomic E-state index is 0.308. The molecule has 2 aromatic rings. The molecular formula is C11H15N3S. The topological polar surface area (TPSA) is 50.9 Å². The molecule has 0 aliphatic heterocycles. The van der Waals surface area contributed by atoms with Crippen LogP contribution in [0, 0.1) is 0 Å². The van der Waals surface area contributed by atoms with E-state index in [-0.39, 0.29) is 0 Å². The van der Waals surface area contributed by atoms with Gasteiger partial charge in [0, 0.05) is 28.9 Å². The number of hydrogen-bond acceptors (Lipinski definition) is 4. The van der Waals surface area contributed by atoms with Gasteiger partial charge in [0.15, 0.2) is 0 Å². The van der Waals surface area contributed by atoms with Crippen molar-refractivity contribution in [2.24, 2.45) is 5.73 Å². The minimum Gasteiger partial charge on any atom is -0.366 e. The van der Waals surface area contributed by atoms with Crippen molar-refractivity contribution in [1.82, 2.24) is 4.98 Å². The van der Waals surface area contributed by atoms with E-state index in [4.69, 9.17) is 5.73 Å². The average Bonchev–Trinajstić information content (AvgIpc) is 2.74. The SMILES string of the molecule is CCC(CN)Nc1nccc2sccc12. The Hall–Kier alpha value is -1.13. The maximum Gasteiger partial charge on any atom is 0.134 e. The van der Waals surface area contributed by atoms with Crippen LogP contribution < -0.4 is 11.1 Å². The molecule has 3 N–H and O–H groups in total. The Balaban J connectivity index is 2.30. The van der Waals surface area contributed by atoms with Gasteiger partial charge in [-0.25, -0.2) is 4.98 Å². The summed E-state index contributed by atoms with van der Waals surface area (Å²) in [5.41, 5.74) is 5.66. The average molecular weight is 221 g/mol.